The van der Waals surface area contributed by atoms with Gasteiger partial charge in [-0.05, 0) is 41.8 Å². The van der Waals surface area contributed by atoms with Crippen LogP contribution in [0.2, 0.25) is 5.02 Å². The van der Waals surface area contributed by atoms with Crippen molar-refractivity contribution in [1.82, 2.24) is 10.6 Å². The van der Waals surface area contributed by atoms with Crippen LogP contribution >= 0.6 is 23.4 Å². The summed E-state index contributed by atoms with van der Waals surface area (Å²) >= 11 is 7.04. The SMILES string of the molecule is COc1ccc(C=CC(=O)O)cc1CC(=O)N[C@H](C(=O)N[C@@H](CC(=O)O)C(=O)CSCc1c(F)cccc1Cl)C(C)C. The van der Waals surface area contributed by atoms with Crippen molar-refractivity contribution < 1.29 is 43.3 Å². The number of carbonyl (C=O) groups excluding carboxylic acids is 3. The average molecular weight is 623 g/mol. The van der Waals surface area contributed by atoms with Gasteiger partial charge < -0.3 is 25.6 Å². The molecule has 0 unspecified atom stereocenters. The number of methoxy groups -OCH3 is 1. The van der Waals surface area contributed by atoms with Gasteiger partial charge in [-0.1, -0.05) is 37.6 Å². The molecule has 0 fully saturated rings. The van der Waals surface area contributed by atoms with Gasteiger partial charge in [0.1, 0.15) is 17.6 Å². The number of benzene rings is 2. The van der Waals surface area contributed by atoms with Gasteiger partial charge in [-0.15, -0.1) is 11.8 Å². The molecule has 226 valence electrons. The fourth-order valence-corrected chi connectivity index (χ4v) is 5.16. The van der Waals surface area contributed by atoms with Gasteiger partial charge in [0.15, 0.2) is 5.78 Å². The van der Waals surface area contributed by atoms with E-state index in [1.165, 1.54) is 31.4 Å². The molecule has 2 aromatic carbocycles. The minimum absolute atomic E-state index is 0.0619. The molecule has 0 radical (unpaired) electrons. The monoisotopic (exact) mass is 622 g/mol. The van der Waals surface area contributed by atoms with Crippen molar-refractivity contribution >= 4 is 59.0 Å². The molecular weight excluding hydrogens is 591 g/mol. The molecule has 2 atom stereocenters. The second-order valence-electron chi connectivity index (χ2n) is 9.53. The fraction of sp³-hybridized carbons (Fsp3) is 0.345. The maximum Gasteiger partial charge on any atom is 0.328 e. The Morgan fingerprint density at radius 2 is 1.81 bits per heavy atom. The number of amides is 2. The number of nitrogens with one attached hydrogen (secondary N) is 2. The number of hydrogen-bond donors (Lipinski definition) is 4. The van der Waals surface area contributed by atoms with Crippen molar-refractivity contribution in [2.45, 2.75) is 44.5 Å². The maximum absolute atomic E-state index is 14.0. The van der Waals surface area contributed by atoms with Gasteiger partial charge in [0.25, 0.3) is 0 Å². The third kappa shape index (κ3) is 10.8. The topological polar surface area (TPSA) is 159 Å². The zero-order valence-electron chi connectivity index (χ0n) is 23.2. The highest BCUT2D eigenvalue weighted by molar-refractivity contribution is 7.99. The molecular formula is C29H32ClFN2O8S. The van der Waals surface area contributed by atoms with Crippen molar-refractivity contribution in [1.29, 1.82) is 0 Å². The highest BCUT2D eigenvalue weighted by Gasteiger charge is 2.30. The van der Waals surface area contributed by atoms with E-state index in [1.54, 1.807) is 32.0 Å². The van der Waals surface area contributed by atoms with Crippen molar-refractivity contribution in [2.75, 3.05) is 12.9 Å². The van der Waals surface area contributed by atoms with Gasteiger partial charge in [0, 0.05) is 28.0 Å². The number of carbonyl (C=O) groups is 5. The summed E-state index contributed by atoms with van der Waals surface area (Å²) in [6.45, 7) is 3.34. The summed E-state index contributed by atoms with van der Waals surface area (Å²) in [6, 6.07) is 6.49. The summed E-state index contributed by atoms with van der Waals surface area (Å²) in [4.78, 5) is 61.2. The standard InChI is InChI=1S/C29H32ClFN2O8S/c1-16(2)28(33-25(35)12-18-11-17(8-10-26(36)37)7-9-24(18)41-3)29(40)32-22(13-27(38)39)23(34)15-42-14-19-20(30)5-4-6-21(19)31/h4-11,16,22,28H,12-15H2,1-3H3,(H,32,40)(H,33,35)(H,36,37)(H,38,39)/t22-,28-/m0/s1. The van der Waals surface area contributed by atoms with Crippen molar-refractivity contribution in [3.8, 4) is 5.75 Å². The number of thioether (sulfide) groups is 1. The molecule has 0 spiro atoms. The van der Waals surface area contributed by atoms with Crippen molar-refractivity contribution in [3.05, 3.63) is 70.0 Å². The first-order valence-corrected chi connectivity index (χ1v) is 14.3. The number of hydrogen-bond acceptors (Lipinski definition) is 7. The van der Waals surface area contributed by atoms with E-state index in [9.17, 15) is 33.5 Å². The van der Waals surface area contributed by atoms with Crippen LogP contribution in [0, 0.1) is 11.7 Å². The van der Waals surface area contributed by atoms with Crippen LogP contribution in [0.25, 0.3) is 6.08 Å². The Bertz CT molecular complexity index is 1330. The Kier molecular flexibility index (Phi) is 13.5. The quantitative estimate of drug-likeness (QED) is 0.205. The lowest BCUT2D eigenvalue weighted by Gasteiger charge is -2.25. The first-order chi connectivity index (χ1) is 19.8. The molecule has 4 N–H and O–H groups in total. The summed E-state index contributed by atoms with van der Waals surface area (Å²) in [6.07, 6.45) is 1.42. The molecule has 0 aliphatic heterocycles. The van der Waals surface area contributed by atoms with Crippen LogP contribution in [0.15, 0.2) is 42.5 Å². The zero-order valence-corrected chi connectivity index (χ0v) is 24.8. The Balaban J connectivity index is 2.10. The summed E-state index contributed by atoms with van der Waals surface area (Å²) in [5.74, 6) is -5.08. The number of ether oxygens (including phenoxy) is 1. The second kappa shape index (κ2) is 16.5. The molecule has 10 nitrogen and oxygen atoms in total. The van der Waals surface area contributed by atoms with E-state index in [0.29, 0.717) is 16.9 Å². The zero-order chi connectivity index (χ0) is 31.4. The summed E-state index contributed by atoms with van der Waals surface area (Å²) in [5, 5.41) is 23.4. The maximum atomic E-state index is 14.0. The average Bonchev–Trinajstić information content (AvgIpc) is 2.91. The van der Waals surface area contributed by atoms with Gasteiger partial charge in [-0.3, -0.25) is 19.2 Å². The summed E-state index contributed by atoms with van der Waals surface area (Å²) < 4.78 is 19.3. The largest absolute Gasteiger partial charge is 0.496 e. The highest BCUT2D eigenvalue weighted by Crippen LogP contribution is 2.24. The molecule has 2 aromatic rings. The van der Waals surface area contributed by atoms with Crippen molar-refractivity contribution in [2.24, 2.45) is 5.92 Å². The fourth-order valence-electron chi connectivity index (χ4n) is 3.85. The Labute approximate surface area is 251 Å². The molecule has 0 bridgehead atoms. The molecule has 2 amide bonds. The third-order valence-electron chi connectivity index (χ3n) is 5.98. The number of rotatable bonds is 16. The molecule has 42 heavy (non-hydrogen) atoms. The minimum Gasteiger partial charge on any atom is -0.496 e. The molecule has 0 saturated heterocycles. The molecule has 2 rings (SSSR count). The van der Waals surface area contributed by atoms with Crippen LogP contribution in [0.4, 0.5) is 4.39 Å². The van der Waals surface area contributed by atoms with Gasteiger partial charge in [-0.25, -0.2) is 9.18 Å². The van der Waals surface area contributed by atoms with E-state index in [4.69, 9.17) is 21.4 Å². The lowest BCUT2D eigenvalue weighted by atomic mass is 10.0. The number of Topliss-reactive ketones (excluding diaryl/α,β-unsaturated/α-hetero) is 1. The van der Waals surface area contributed by atoms with Crippen LogP contribution in [0.5, 0.6) is 5.75 Å². The van der Waals surface area contributed by atoms with Crippen molar-refractivity contribution in [3.63, 3.8) is 0 Å². The van der Waals surface area contributed by atoms with Gasteiger partial charge in [-0.2, -0.15) is 0 Å². The van der Waals surface area contributed by atoms with Crippen LogP contribution in [0.3, 0.4) is 0 Å². The van der Waals surface area contributed by atoms with E-state index in [0.717, 1.165) is 17.8 Å². The van der Waals surface area contributed by atoms with E-state index >= 15 is 0 Å². The summed E-state index contributed by atoms with van der Waals surface area (Å²) in [5.41, 5.74) is 1.17. The minimum atomic E-state index is -1.38. The van der Waals surface area contributed by atoms with E-state index in [-0.39, 0.29) is 28.5 Å². The van der Waals surface area contributed by atoms with E-state index in [1.807, 2.05) is 0 Å². The van der Waals surface area contributed by atoms with Crippen LogP contribution < -0.4 is 15.4 Å². The smallest absolute Gasteiger partial charge is 0.328 e. The molecule has 0 aliphatic carbocycles. The Morgan fingerprint density at radius 1 is 1.10 bits per heavy atom. The Morgan fingerprint density at radius 3 is 2.40 bits per heavy atom. The van der Waals surface area contributed by atoms with E-state index < -0.39 is 59.8 Å². The first-order valence-electron chi connectivity index (χ1n) is 12.7. The normalized spacial score (nSPS) is 12.5. The lowest BCUT2D eigenvalue weighted by molar-refractivity contribution is -0.140. The highest BCUT2D eigenvalue weighted by atomic mass is 35.5. The van der Waals surface area contributed by atoms with Crippen LogP contribution in [-0.4, -0.2) is 64.7 Å². The Hall–Kier alpha value is -3.90. The predicted octanol–water partition coefficient (Wildman–Crippen LogP) is 3.73. The van der Waals surface area contributed by atoms with Gasteiger partial charge >= 0.3 is 11.9 Å². The van der Waals surface area contributed by atoms with Gasteiger partial charge in [0.2, 0.25) is 11.8 Å². The molecule has 0 aliphatic rings. The summed E-state index contributed by atoms with van der Waals surface area (Å²) in [7, 11) is 1.41. The predicted molar refractivity (Wildman–Crippen MR) is 157 cm³/mol. The molecule has 0 heterocycles. The van der Waals surface area contributed by atoms with Crippen LogP contribution in [-0.2, 0) is 36.1 Å². The van der Waals surface area contributed by atoms with Crippen LogP contribution in [0.1, 0.15) is 37.0 Å². The number of halogens is 2. The third-order valence-corrected chi connectivity index (χ3v) is 7.31. The number of carboxylic acid groups (broad SMARTS) is 2. The number of aliphatic carboxylic acids is 2. The first kappa shape index (κ1) is 34.3. The number of ketones is 1. The van der Waals surface area contributed by atoms with Gasteiger partial charge in [0.05, 0.1) is 31.7 Å². The van der Waals surface area contributed by atoms with E-state index in [2.05, 4.69) is 10.6 Å². The second-order valence-corrected chi connectivity index (χ2v) is 10.9. The number of carboxylic acids is 2. The lowest BCUT2D eigenvalue weighted by Crippen LogP contribution is -2.54. The molecule has 0 aromatic heterocycles. The molecule has 0 saturated carbocycles. The molecule has 13 heteroatoms.